The molecule has 0 amide bonds. The van der Waals surface area contributed by atoms with Gasteiger partial charge in [-0.1, -0.05) is 36.4 Å². The van der Waals surface area contributed by atoms with Crippen LogP contribution in [0.1, 0.15) is 23.2 Å². The molecule has 2 N–H and O–H groups in total. The van der Waals surface area contributed by atoms with Crippen LogP contribution >= 0.6 is 11.6 Å². The lowest BCUT2D eigenvalue weighted by Gasteiger charge is -2.30. The SMILES string of the molecule is C=C(N[C@H]1CCOC[C@@H]1O)c1cc(Cc2ccc(Cl)nc2)c2cccc(F)c2n1. The predicted molar refractivity (Wildman–Crippen MR) is 111 cm³/mol. The van der Waals surface area contributed by atoms with Crippen molar-refractivity contribution in [3.8, 4) is 0 Å². The fourth-order valence-corrected chi connectivity index (χ4v) is 3.62. The van der Waals surface area contributed by atoms with Crippen LogP contribution < -0.4 is 5.32 Å². The fraction of sp³-hybridized carbons (Fsp3) is 0.273. The summed E-state index contributed by atoms with van der Waals surface area (Å²) in [6, 6.07) is 10.3. The second-order valence-corrected chi connectivity index (χ2v) is 7.52. The fourth-order valence-electron chi connectivity index (χ4n) is 3.50. The van der Waals surface area contributed by atoms with Gasteiger partial charge in [-0.15, -0.1) is 0 Å². The van der Waals surface area contributed by atoms with E-state index in [1.807, 2.05) is 18.2 Å². The molecule has 1 fully saturated rings. The number of hydrogen-bond donors (Lipinski definition) is 2. The van der Waals surface area contributed by atoms with Gasteiger partial charge in [0.05, 0.1) is 30.1 Å². The molecule has 1 aliphatic heterocycles. The lowest BCUT2D eigenvalue weighted by atomic mass is 10.00. The highest BCUT2D eigenvalue weighted by molar-refractivity contribution is 6.29. The minimum atomic E-state index is -0.627. The van der Waals surface area contributed by atoms with Gasteiger partial charge < -0.3 is 15.2 Å². The van der Waals surface area contributed by atoms with Crippen molar-refractivity contribution in [3.05, 3.63) is 77.0 Å². The van der Waals surface area contributed by atoms with Crippen LogP contribution in [0.25, 0.3) is 16.6 Å². The number of ether oxygens (including phenoxy) is 1. The normalized spacial score (nSPS) is 19.3. The Kier molecular flexibility index (Phi) is 5.76. The molecule has 0 spiro atoms. The maximum Gasteiger partial charge on any atom is 0.149 e. The Morgan fingerprint density at radius 2 is 2.21 bits per heavy atom. The Bertz CT molecular complexity index is 1040. The number of pyridine rings is 2. The van der Waals surface area contributed by atoms with Gasteiger partial charge in [-0.3, -0.25) is 0 Å². The van der Waals surface area contributed by atoms with Gasteiger partial charge >= 0.3 is 0 Å². The van der Waals surface area contributed by atoms with E-state index in [2.05, 4.69) is 21.9 Å². The van der Waals surface area contributed by atoms with Crippen molar-refractivity contribution in [2.24, 2.45) is 0 Å². The number of para-hydroxylation sites is 1. The summed E-state index contributed by atoms with van der Waals surface area (Å²) in [5.41, 5.74) is 3.23. The molecule has 2 aromatic heterocycles. The third-order valence-electron chi connectivity index (χ3n) is 5.05. The predicted octanol–water partition coefficient (Wildman–Crippen LogP) is 3.72. The Morgan fingerprint density at radius 1 is 1.34 bits per heavy atom. The summed E-state index contributed by atoms with van der Waals surface area (Å²) >= 11 is 5.88. The van der Waals surface area contributed by atoms with Gasteiger partial charge in [0.25, 0.3) is 0 Å². The van der Waals surface area contributed by atoms with Crippen LogP contribution in [0.15, 0.2) is 49.2 Å². The van der Waals surface area contributed by atoms with Gasteiger partial charge in [-0.2, -0.15) is 0 Å². The molecular weight excluding hydrogens is 393 g/mol. The van der Waals surface area contributed by atoms with Crippen molar-refractivity contribution in [3.63, 3.8) is 0 Å². The van der Waals surface area contributed by atoms with E-state index < -0.39 is 11.9 Å². The summed E-state index contributed by atoms with van der Waals surface area (Å²) in [5, 5.41) is 14.5. The molecule has 7 heteroatoms. The zero-order valence-corrected chi connectivity index (χ0v) is 16.5. The molecule has 3 aromatic rings. The van der Waals surface area contributed by atoms with Crippen LogP contribution in [0, 0.1) is 5.82 Å². The number of aliphatic hydroxyl groups excluding tert-OH is 1. The molecule has 2 atom stereocenters. The number of benzene rings is 1. The van der Waals surface area contributed by atoms with Crippen LogP contribution in [0.4, 0.5) is 4.39 Å². The zero-order chi connectivity index (χ0) is 20.4. The van der Waals surface area contributed by atoms with E-state index in [4.69, 9.17) is 16.3 Å². The summed E-state index contributed by atoms with van der Waals surface area (Å²) in [6.07, 6.45) is 2.29. The van der Waals surface area contributed by atoms with Crippen LogP contribution in [-0.2, 0) is 11.2 Å². The van der Waals surface area contributed by atoms with Crippen LogP contribution in [0.5, 0.6) is 0 Å². The largest absolute Gasteiger partial charge is 0.389 e. The standard InChI is InChI=1S/C22H21ClFN3O2/c1-13(26-18-7-8-29-12-20(18)28)19-10-15(9-14-5-6-21(23)25-11-14)16-3-2-4-17(24)22(16)27-19/h2-6,10-11,18,20,26,28H,1,7-9,12H2/t18-,20-/m0/s1. The summed E-state index contributed by atoms with van der Waals surface area (Å²) in [5.74, 6) is -0.390. The summed E-state index contributed by atoms with van der Waals surface area (Å²) in [4.78, 5) is 8.62. The van der Waals surface area contributed by atoms with Crippen molar-refractivity contribution in [2.45, 2.75) is 25.0 Å². The quantitative estimate of drug-likeness (QED) is 0.624. The van der Waals surface area contributed by atoms with E-state index in [1.165, 1.54) is 6.07 Å². The third kappa shape index (κ3) is 4.40. The topological polar surface area (TPSA) is 67.3 Å². The molecule has 1 aliphatic rings. The summed E-state index contributed by atoms with van der Waals surface area (Å²) < 4.78 is 19.8. The lowest BCUT2D eigenvalue weighted by molar-refractivity contribution is -0.0237. The van der Waals surface area contributed by atoms with E-state index in [9.17, 15) is 9.50 Å². The molecule has 0 radical (unpaired) electrons. The van der Waals surface area contributed by atoms with Crippen molar-refractivity contribution >= 4 is 28.2 Å². The number of nitrogens with one attached hydrogen (secondary N) is 1. The average molecular weight is 414 g/mol. The zero-order valence-electron chi connectivity index (χ0n) is 15.7. The summed E-state index contributed by atoms with van der Waals surface area (Å²) in [6.45, 7) is 4.92. The molecule has 5 nitrogen and oxygen atoms in total. The number of rotatable bonds is 5. The van der Waals surface area contributed by atoms with E-state index in [1.54, 1.807) is 18.3 Å². The minimum Gasteiger partial charge on any atom is -0.389 e. The number of fused-ring (bicyclic) bond motifs is 1. The molecule has 0 saturated carbocycles. The first-order valence-corrected chi connectivity index (χ1v) is 9.79. The minimum absolute atomic E-state index is 0.182. The Morgan fingerprint density at radius 3 is 2.97 bits per heavy atom. The van der Waals surface area contributed by atoms with Crippen molar-refractivity contribution in [1.29, 1.82) is 0 Å². The van der Waals surface area contributed by atoms with E-state index >= 15 is 0 Å². The van der Waals surface area contributed by atoms with E-state index in [-0.39, 0.29) is 18.2 Å². The molecule has 3 heterocycles. The second-order valence-electron chi connectivity index (χ2n) is 7.13. The monoisotopic (exact) mass is 413 g/mol. The Hall–Kier alpha value is -2.54. The number of halogens is 2. The number of aromatic nitrogens is 2. The highest BCUT2D eigenvalue weighted by Crippen LogP contribution is 2.26. The van der Waals surface area contributed by atoms with Gasteiger partial charge in [0, 0.05) is 18.2 Å². The third-order valence-corrected chi connectivity index (χ3v) is 5.28. The van der Waals surface area contributed by atoms with Crippen LogP contribution in [-0.4, -0.2) is 40.4 Å². The molecular formula is C22H21ClFN3O2. The van der Waals surface area contributed by atoms with Crippen LogP contribution in [0.2, 0.25) is 5.15 Å². The van der Waals surface area contributed by atoms with E-state index in [0.29, 0.717) is 36.0 Å². The van der Waals surface area contributed by atoms with Gasteiger partial charge in [0.1, 0.15) is 16.5 Å². The Balaban J connectivity index is 1.69. The maximum absolute atomic E-state index is 14.5. The van der Waals surface area contributed by atoms with E-state index in [0.717, 1.165) is 16.5 Å². The molecule has 0 aliphatic carbocycles. The van der Waals surface area contributed by atoms with Gasteiger partial charge in [0.15, 0.2) is 0 Å². The maximum atomic E-state index is 14.5. The molecule has 1 aromatic carbocycles. The molecule has 29 heavy (non-hydrogen) atoms. The van der Waals surface area contributed by atoms with Crippen LogP contribution in [0.3, 0.4) is 0 Å². The first kappa shape index (κ1) is 19.8. The highest BCUT2D eigenvalue weighted by atomic mass is 35.5. The smallest absolute Gasteiger partial charge is 0.149 e. The van der Waals surface area contributed by atoms with Crippen molar-refractivity contribution < 1.29 is 14.2 Å². The first-order chi connectivity index (χ1) is 14.0. The lowest BCUT2D eigenvalue weighted by Crippen LogP contribution is -2.45. The molecule has 0 bridgehead atoms. The number of nitrogens with zero attached hydrogens (tertiary/aromatic N) is 2. The van der Waals surface area contributed by atoms with Gasteiger partial charge in [0.2, 0.25) is 0 Å². The molecule has 1 saturated heterocycles. The molecule has 150 valence electrons. The first-order valence-electron chi connectivity index (χ1n) is 9.41. The molecule has 0 unspecified atom stereocenters. The van der Waals surface area contributed by atoms with Gasteiger partial charge in [-0.05, 0) is 42.2 Å². The average Bonchev–Trinajstić information content (AvgIpc) is 2.72. The second kappa shape index (κ2) is 8.45. The highest BCUT2D eigenvalue weighted by Gasteiger charge is 2.24. The van der Waals surface area contributed by atoms with Crippen molar-refractivity contribution in [2.75, 3.05) is 13.2 Å². The Labute approximate surface area is 173 Å². The number of hydrogen-bond acceptors (Lipinski definition) is 5. The number of aliphatic hydroxyl groups is 1. The van der Waals surface area contributed by atoms with Gasteiger partial charge in [-0.25, -0.2) is 14.4 Å². The molecule has 4 rings (SSSR count). The van der Waals surface area contributed by atoms with Crippen molar-refractivity contribution in [1.82, 2.24) is 15.3 Å². The summed E-state index contributed by atoms with van der Waals surface area (Å²) in [7, 11) is 0.